The number of aryl methyl sites for hydroxylation is 1. The van der Waals surface area contributed by atoms with Gasteiger partial charge in [-0.25, -0.2) is 9.78 Å². The standard InChI is InChI=1S/C20H21ClN4O/c21-19-10-5-4-7-17(19)15-25(13-6-12-24-14-11-22-16-24)20(26)23-18-8-2-1-3-9-18/h1-5,7-11,14,16H,6,12-13,15H2,(H,23,26). The first-order valence-corrected chi connectivity index (χ1v) is 8.90. The van der Waals surface area contributed by atoms with Crippen molar-refractivity contribution < 1.29 is 4.79 Å². The van der Waals surface area contributed by atoms with Crippen LogP contribution >= 0.6 is 11.6 Å². The maximum atomic E-state index is 12.8. The molecule has 1 aromatic heterocycles. The Balaban J connectivity index is 1.67. The molecule has 3 rings (SSSR count). The van der Waals surface area contributed by atoms with E-state index in [0.29, 0.717) is 18.1 Å². The van der Waals surface area contributed by atoms with Crippen molar-refractivity contribution in [3.8, 4) is 0 Å². The third kappa shape index (κ3) is 5.10. The van der Waals surface area contributed by atoms with Crippen molar-refractivity contribution in [1.29, 1.82) is 0 Å². The highest BCUT2D eigenvalue weighted by Gasteiger charge is 2.15. The molecular weight excluding hydrogens is 348 g/mol. The van der Waals surface area contributed by atoms with Crippen LogP contribution in [0.5, 0.6) is 0 Å². The van der Waals surface area contributed by atoms with E-state index in [1.165, 1.54) is 0 Å². The quantitative estimate of drug-likeness (QED) is 0.659. The Morgan fingerprint density at radius 3 is 2.62 bits per heavy atom. The molecule has 0 fully saturated rings. The molecule has 26 heavy (non-hydrogen) atoms. The summed E-state index contributed by atoms with van der Waals surface area (Å²) in [5.74, 6) is 0. The number of urea groups is 1. The van der Waals surface area contributed by atoms with Gasteiger partial charge in [-0.05, 0) is 30.2 Å². The Bertz CT molecular complexity index is 821. The van der Waals surface area contributed by atoms with Crippen molar-refractivity contribution in [3.63, 3.8) is 0 Å². The average molecular weight is 369 g/mol. The third-order valence-electron chi connectivity index (χ3n) is 4.03. The van der Waals surface area contributed by atoms with Gasteiger partial charge in [0.25, 0.3) is 0 Å². The molecule has 6 heteroatoms. The SMILES string of the molecule is O=C(Nc1ccccc1)N(CCCn1ccnc1)Cc1ccccc1Cl. The first-order chi connectivity index (χ1) is 12.7. The van der Waals surface area contributed by atoms with Crippen LogP contribution in [0, 0.1) is 0 Å². The fourth-order valence-corrected chi connectivity index (χ4v) is 2.87. The highest BCUT2D eigenvalue weighted by atomic mass is 35.5. The second-order valence-electron chi connectivity index (χ2n) is 5.96. The van der Waals surface area contributed by atoms with Crippen LogP contribution in [-0.4, -0.2) is 27.0 Å². The zero-order valence-electron chi connectivity index (χ0n) is 14.4. The van der Waals surface area contributed by atoms with E-state index in [9.17, 15) is 4.79 Å². The molecule has 0 saturated carbocycles. The van der Waals surface area contributed by atoms with Crippen LogP contribution in [0.4, 0.5) is 10.5 Å². The number of rotatable bonds is 7. The van der Waals surface area contributed by atoms with Crippen molar-refractivity contribution in [3.05, 3.63) is 83.9 Å². The van der Waals surface area contributed by atoms with Gasteiger partial charge in [0, 0.05) is 42.7 Å². The molecule has 1 N–H and O–H groups in total. The molecule has 0 spiro atoms. The molecule has 0 bridgehead atoms. The molecule has 0 aliphatic rings. The number of hydrogen-bond acceptors (Lipinski definition) is 2. The molecule has 0 unspecified atom stereocenters. The molecular formula is C20H21ClN4O. The minimum atomic E-state index is -0.137. The maximum Gasteiger partial charge on any atom is 0.322 e. The number of carbonyl (C=O) groups is 1. The number of anilines is 1. The predicted molar refractivity (Wildman–Crippen MR) is 104 cm³/mol. The lowest BCUT2D eigenvalue weighted by Crippen LogP contribution is -2.35. The van der Waals surface area contributed by atoms with E-state index in [-0.39, 0.29) is 6.03 Å². The number of nitrogens with zero attached hydrogens (tertiary/aromatic N) is 3. The molecule has 0 saturated heterocycles. The number of amides is 2. The van der Waals surface area contributed by atoms with Gasteiger partial charge in [0.05, 0.1) is 6.33 Å². The first-order valence-electron chi connectivity index (χ1n) is 8.52. The van der Waals surface area contributed by atoms with Gasteiger partial charge in [0.2, 0.25) is 0 Å². The number of imidazole rings is 1. The second kappa shape index (κ2) is 9.06. The lowest BCUT2D eigenvalue weighted by molar-refractivity contribution is 0.207. The first kappa shape index (κ1) is 18.0. The van der Waals surface area contributed by atoms with Gasteiger partial charge in [-0.3, -0.25) is 0 Å². The summed E-state index contributed by atoms with van der Waals surface area (Å²) in [6.45, 7) is 1.88. The van der Waals surface area contributed by atoms with Gasteiger partial charge in [-0.2, -0.15) is 0 Å². The monoisotopic (exact) mass is 368 g/mol. The van der Waals surface area contributed by atoms with Crippen molar-refractivity contribution in [2.75, 3.05) is 11.9 Å². The molecule has 0 atom stereocenters. The lowest BCUT2D eigenvalue weighted by Gasteiger charge is -2.24. The maximum absolute atomic E-state index is 12.8. The third-order valence-corrected chi connectivity index (χ3v) is 4.40. The number of benzene rings is 2. The van der Waals surface area contributed by atoms with Crippen molar-refractivity contribution >= 4 is 23.3 Å². The molecule has 0 radical (unpaired) electrons. The lowest BCUT2D eigenvalue weighted by atomic mass is 10.2. The van der Waals surface area contributed by atoms with Crippen LogP contribution < -0.4 is 5.32 Å². The predicted octanol–water partition coefficient (Wildman–Crippen LogP) is 4.66. The fourth-order valence-electron chi connectivity index (χ4n) is 2.67. The number of carbonyl (C=O) groups excluding carboxylic acids is 1. The van der Waals surface area contributed by atoms with Gasteiger partial charge in [0.15, 0.2) is 0 Å². The van der Waals surface area contributed by atoms with E-state index < -0.39 is 0 Å². The summed E-state index contributed by atoms with van der Waals surface area (Å²) in [7, 11) is 0. The number of para-hydroxylation sites is 1. The molecule has 2 aromatic carbocycles. The van der Waals surface area contributed by atoms with Gasteiger partial charge in [0.1, 0.15) is 0 Å². The van der Waals surface area contributed by atoms with E-state index in [4.69, 9.17) is 11.6 Å². The van der Waals surface area contributed by atoms with Gasteiger partial charge in [-0.1, -0.05) is 48.0 Å². The van der Waals surface area contributed by atoms with Crippen molar-refractivity contribution in [2.45, 2.75) is 19.5 Å². The highest BCUT2D eigenvalue weighted by molar-refractivity contribution is 6.31. The average Bonchev–Trinajstić information content (AvgIpc) is 3.17. The zero-order valence-corrected chi connectivity index (χ0v) is 15.1. The Labute approximate surface area is 158 Å². The van der Waals surface area contributed by atoms with Crippen LogP contribution in [0.2, 0.25) is 5.02 Å². The van der Waals surface area contributed by atoms with Crippen molar-refractivity contribution in [1.82, 2.24) is 14.5 Å². The normalized spacial score (nSPS) is 10.5. The van der Waals surface area contributed by atoms with Gasteiger partial charge < -0.3 is 14.8 Å². The second-order valence-corrected chi connectivity index (χ2v) is 6.37. The summed E-state index contributed by atoms with van der Waals surface area (Å²) in [4.78, 5) is 18.6. The molecule has 0 aliphatic heterocycles. The van der Waals surface area contributed by atoms with E-state index >= 15 is 0 Å². The summed E-state index contributed by atoms with van der Waals surface area (Å²) in [6, 6.07) is 16.9. The fraction of sp³-hybridized carbons (Fsp3) is 0.200. The van der Waals surface area contributed by atoms with E-state index in [1.807, 2.05) is 65.4 Å². The summed E-state index contributed by atoms with van der Waals surface area (Å²) >= 11 is 6.28. The number of hydrogen-bond donors (Lipinski definition) is 1. The molecule has 134 valence electrons. The van der Waals surface area contributed by atoms with Crippen molar-refractivity contribution in [2.24, 2.45) is 0 Å². The molecule has 3 aromatic rings. The van der Waals surface area contributed by atoms with Crippen LogP contribution in [0.1, 0.15) is 12.0 Å². The molecule has 5 nitrogen and oxygen atoms in total. The van der Waals surface area contributed by atoms with Crippen LogP contribution in [0.3, 0.4) is 0 Å². The largest absolute Gasteiger partial charge is 0.337 e. The number of halogens is 1. The van der Waals surface area contributed by atoms with Crippen LogP contribution in [0.25, 0.3) is 0 Å². The Hall–Kier alpha value is -2.79. The number of aromatic nitrogens is 2. The number of nitrogens with one attached hydrogen (secondary N) is 1. The van der Waals surface area contributed by atoms with Gasteiger partial charge in [-0.15, -0.1) is 0 Å². The zero-order chi connectivity index (χ0) is 18.2. The van der Waals surface area contributed by atoms with E-state index in [2.05, 4.69) is 10.3 Å². The van der Waals surface area contributed by atoms with Crippen LogP contribution in [0.15, 0.2) is 73.3 Å². The van der Waals surface area contributed by atoms with E-state index in [1.54, 1.807) is 17.4 Å². The summed E-state index contributed by atoms with van der Waals surface area (Å²) in [5, 5.41) is 3.62. The smallest absolute Gasteiger partial charge is 0.322 e. The Morgan fingerprint density at radius 2 is 1.88 bits per heavy atom. The summed E-state index contributed by atoms with van der Waals surface area (Å²) < 4.78 is 2.00. The molecule has 0 aliphatic carbocycles. The Kier molecular flexibility index (Phi) is 6.28. The van der Waals surface area contributed by atoms with Crippen LogP contribution in [-0.2, 0) is 13.1 Å². The highest BCUT2D eigenvalue weighted by Crippen LogP contribution is 2.18. The van der Waals surface area contributed by atoms with Gasteiger partial charge >= 0.3 is 6.03 Å². The minimum Gasteiger partial charge on any atom is -0.337 e. The minimum absolute atomic E-state index is 0.137. The van der Waals surface area contributed by atoms with E-state index in [0.717, 1.165) is 24.2 Å². The topological polar surface area (TPSA) is 50.2 Å². The molecule has 1 heterocycles. The summed E-state index contributed by atoms with van der Waals surface area (Å²) in [6.07, 6.45) is 6.28. The Morgan fingerprint density at radius 1 is 1.12 bits per heavy atom. The summed E-state index contributed by atoms with van der Waals surface area (Å²) in [5.41, 5.74) is 1.70. The molecule has 2 amide bonds.